The molecule has 0 saturated carbocycles. The second-order valence-corrected chi connectivity index (χ2v) is 6.34. The molecule has 1 fully saturated rings. The SMILES string of the molecule is C=C1CN(S(=O)(=O)c2ccc(C)cc2)C1CC. The molecule has 0 N–H and O–H groups in total. The topological polar surface area (TPSA) is 37.4 Å². The van der Waals surface area contributed by atoms with Gasteiger partial charge < -0.3 is 0 Å². The van der Waals surface area contributed by atoms with Gasteiger partial charge in [0.2, 0.25) is 10.0 Å². The Labute approximate surface area is 103 Å². The third-order valence-electron chi connectivity index (χ3n) is 3.19. The van der Waals surface area contributed by atoms with Crippen LogP contribution in [0.5, 0.6) is 0 Å². The number of benzene rings is 1. The van der Waals surface area contributed by atoms with Gasteiger partial charge in [0.25, 0.3) is 0 Å². The summed E-state index contributed by atoms with van der Waals surface area (Å²) in [6.07, 6.45) is 0.782. The standard InChI is InChI=1S/C13H17NO2S/c1-4-13-11(3)9-14(13)17(15,16)12-7-5-10(2)6-8-12/h5-8,13H,3-4,9H2,1-2H3. The Balaban J connectivity index is 2.31. The molecule has 92 valence electrons. The maximum Gasteiger partial charge on any atom is 0.243 e. The molecule has 3 nitrogen and oxygen atoms in total. The molecule has 0 bridgehead atoms. The zero-order chi connectivity index (χ0) is 12.6. The number of aryl methyl sites for hydroxylation is 1. The van der Waals surface area contributed by atoms with Crippen LogP contribution in [-0.4, -0.2) is 25.3 Å². The van der Waals surface area contributed by atoms with Crippen molar-refractivity contribution in [3.63, 3.8) is 0 Å². The number of hydrogen-bond acceptors (Lipinski definition) is 2. The van der Waals surface area contributed by atoms with Gasteiger partial charge in [-0.1, -0.05) is 31.2 Å². The van der Waals surface area contributed by atoms with Crippen LogP contribution in [0.25, 0.3) is 0 Å². The molecule has 1 aliphatic heterocycles. The van der Waals surface area contributed by atoms with Crippen molar-refractivity contribution in [2.45, 2.75) is 31.2 Å². The van der Waals surface area contributed by atoms with Crippen LogP contribution in [0.2, 0.25) is 0 Å². The Morgan fingerprint density at radius 3 is 2.41 bits per heavy atom. The minimum atomic E-state index is -3.34. The van der Waals surface area contributed by atoms with Gasteiger partial charge in [0, 0.05) is 12.6 Å². The molecule has 1 unspecified atom stereocenters. The first-order chi connectivity index (χ1) is 7.96. The highest BCUT2D eigenvalue weighted by atomic mass is 32.2. The molecule has 1 aromatic rings. The van der Waals surface area contributed by atoms with Crippen molar-refractivity contribution in [3.8, 4) is 0 Å². The largest absolute Gasteiger partial charge is 0.243 e. The van der Waals surface area contributed by atoms with Crippen molar-refractivity contribution in [3.05, 3.63) is 42.0 Å². The van der Waals surface area contributed by atoms with Gasteiger partial charge in [0.05, 0.1) is 4.90 Å². The van der Waals surface area contributed by atoms with Crippen molar-refractivity contribution >= 4 is 10.0 Å². The fourth-order valence-electron chi connectivity index (χ4n) is 2.10. The van der Waals surface area contributed by atoms with E-state index in [1.807, 2.05) is 26.0 Å². The van der Waals surface area contributed by atoms with E-state index in [0.717, 1.165) is 17.6 Å². The molecule has 0 amide bonds. The van der Waals surface area contributed by atoms with Crippen molar-refractivity contribution in [1.29, 1.82) is 0 Å². The molecular formula is C13H17NO2S. The average molecular weight is 251 g/mol. The summed E-state index contributed by atoms with van der Waals surface area (Å²) in [5, 5.41) is 0. The minimum Gasteiger partial charge on any atom is -0.207 e. The molecule has 0 spiro atoms. The van der Waals surface area contributed by atoms with E-state index in [1.165, 1.54) is 4.31 Å². The van der Waals surface area contributed by atoms with Crippen molar-refractivity contribution in [2.75, 3.05) is 6.54 Å². The summed E-state index contributed by atoms with van der Waals surface area (Å²) < 4.78 is 26.2. The van der Waals surface area contributed by atoms with Crippen molar-refractivity contribution in [2.24, 2.45) is 0 Å². The predicted molar refractivity (Wildman–Crippen MR) is 68.3 cm³/mol. The van der Waals surface area contributed by atoms with E-state index in [-0.39, 0.29) is 6.04 Å². The maximum atomic E-state index is 12.3. The van der Waals surface area contributed by atoms with Crippen LogP contribution in [0.1, 0.15) is 18.9 Å². The van der Waals surface area contributed by atoms with E-state index in [4.69, 9.17) is 0 Å². The lowest BCUT2D eigenvalue weighted by Gasteiger charge is -2.41. The average Bonchev–Trinajstić information content (AvgIpc) is 2.27. The Morgan fingerprint density at radius 2 is 1.94 bits per heavy atom. The molecule has 0 radical (unpaired) electrons. The first-order valence-electron chi connectivity index (χ1n) is 5.73. The summed E-state index contributed by atoms with van der Waals surface area (Å²) in [5.74, 6) is 0. The monoisotopic (exact) mass is 251 g/mol. The lowest BCUT2D eigenvalue weighted by Crippen LogP contribution is -2.52. The third kappa shape index (κ3) is 2.03. The van der Waals surface area contributed by atoms with Gasteiger partial charge in [0.15, 0.2) is 0 Å². The molecular weight excluding hydrogens is 234 g/mol. The van der Waals surface area contributed by atoms with Crippen LogP contribution >= 0.6 is 0 Å². The van der Waals surface area contributed by atoms with Gasteiger partial charge in [-0.15, -0.1) is 0 Å². The third-order valence-corrected chi connectivity index (χ3v) is 5.06. The first kappa shape index (κ1) is 12.3. The van der Waals surface area contributed by atoms with Crippen LogP contribution in [-0.2, 0) is 10.0 Å². The zero-order valence-corrected chi connectivity index (χ0v) is 11.0. The molecule has 4 heteroatoms. The lowest BCUT2D eigenvalue weighted by molar-refractivity contribution is 0.281. The molecule has 2 rings (SSSR count). The number of nitrogens with zero attached hydrogens (tertiary/aromatic N) is 1. The fourth-order valence-corrected chi connectivity index (χ4v) is 3.82. The molecule has 1 saturated heterocycles. The summed E-state index contributed by atoms with van der Waals surface area (Å²) in [7, 11) is -3.34. The van der Waals surface area contributed by atoms with Crippen molar-refractivity contribution < 1.29 is 8.42 Å². The number of hydrogen-bond donors (Lipinski definition) is 0. The molecule has 1 atom stereocenters. The minimum absolute atomic E-state index is 0.0266. The molecule has 1 heterocycles. The lowest BCUT2D eigenvalue weighted by atomic mass is 9.99. The normalized spacial score (nSPS) is 21.3. The molecule has 1 aromatic carbocycles. The van der Waals surface area contributed by atoms with Gasteiger partial charge in [-0.2, -0.15) is 4.31 Å². The zero-order valence-electron chi connectivity index (χ0n) is 10.2. The van der Waals surface area contributed by atoms with E-state index in [0.29, 0.717) is 11.4 Å². The highest BCUT2D eigenvalue weighted by Gasteiger charge is 2.39. The van der Waals surface area contributed by atoms with Gasteiger partial charge in [-0.05, 0) is 31.1 Å². The smallest absolute Gasteiger partial charge is 0.207 e. The summed E-state index contributed by atoms with van der Waals surface area (Å²) >= 11 is 0. The summed E-state index contributed by atoms with van der Waals surface area (Å²) in [4.78, 5) is 0.369. The molecule has 0 aliphatic carbocycles. The summed E-state index contributed by atoms with van der Waals surface area (Å²) in [5.41, 5.74) is 2.06. The number of sulfonamides is 1. The van der Waals surface area contributed by atoms with E-state index in [1.54, 1.807) is 12.1 Å². The molecule has 0 aromatic heterocycles. The van der Waals surface area contributed by atoms with Crippen molar-refractivity contribution in [1.82, 2.24) is 4.31 Å². The second kappa shape index (κ2) is 4.27. The van der Waals surface area contributed by atoms with Gasteiger partial charge in [-0.3, -0.25) is 0 Å². The van der Waals surface area contributed by atoms with Crippen LogP contribution in [0, 0.1) is 6.92 Å². The predicted octanol–water partition coefficient (Wildman–Crippen LogP) is 2.33. The van der Waals surface area contributed by atoms with E-state index >= 15 is 0 Å². The first-order valence-corrected chi connectivity index (χ1v) is 7.17. The Hall–Kier alpha value is -1.13. The molecule has 1 aliphatic rings. The highest BCUT2D eigenvalue weighted by Crippen LogP contribution is 2.31. The van der Waals surface area contributed by atoms with Crippen LogP contribution in [0.4, 0.5) is 0 Å². The summed E-state index contributed by atoms with van der Waals surface area (Å²) in [6.45, 7) is 8.25. The second-order valence-electron chi connectivity index (χ2n) is 4.45. The number of rotatable bonds is 3. The van der Waals surface area contributed by atoms with Crippen LogP contribution < -0.4 is 0 Å². The van der Waals surface area contributed by atoms with E-state index < -0.39 is 10.0 Å². The van der Waals surface area contributed by atoms with E-state index in [2.05, 4.69) is 6.58 Å². The Bertz CT molecular complexity index is 531. The van der Waals surface area contributed by atoms with Gasteiger partial charge in [0.1, 0.15) is 0 Å². The van der Waals surface area contributed by atoms with E-state index in [9.17, 15) is 8.42 Å². The molecule has 17 heavy (non-hydrogen) atoms. The summed E-state index contributed by atoms with van der Waals surface area (Å²) in [6, 6.07) is 6.95. The van der Waals surface area contributed by atoms with Crippen LogP contribution in [0.15, 0.2) is 41.3 Å². The highest BCUT2D eigenvalue weighted by molar-refractivity contribution is 7.89. The Morgan fingerprint density at radius 1 is 1.35 bits per heavy atom. The van der Waals surface area contributed by atoms with Crippen LogP contribution in [0.3, 0.4) is 0 Å². The fraction of sp³-hybridized carbons (Fsp3) is 0.385. The quantitative estimate of drug-likeness (QED) is 0.773. The Kier molecular flexibility index (Phi) is 3.10. The van der Waals surface area contributed by atoms with Gasteiger partial charge >= 0.3 is 0 Å². The maximum absolute atomic E-state index is 12.3. The van der Waals surface area contributed by atoms with Gasteiger partial charge in [-0.25, -0.2) is 8.42 Å².